The number of carbonyl (C=O) groups excluding carboxylic acids is 1. The maximum Gasteiger partial charge on any atom is 0.308 e. The molecule has 0 bridgehead atoms. The van der Waals surface area contributed by atoms with Crippen LogP contribution >= 0.6 is 0 Å². The average Bonchev–Trinajstić information content (AvgIpc) is 3.65. The number of ether oxygens (including phenoxy) is 2. The summed E-state index contributed by atoms with van der Waals surface area (Å²) in [5, 5.41) is 20.5. The fraction of sp³-hybridized carbons (Fsp3) is 0.586. The third-order valence-electron chi connectivity index (χ3n) is 8.06. The topological polar surface area (TPSA) is 130 Å². The molecule has 2 aromatic rings. The highest BCUT2D eigenvalue weighted by Crippen LogP contribution is 2.44. The molecular formula is C29H42N4O6. The van der Waals surface area contributed by atoms with Crippen LogP contribution in [0.2, 0.25) is 0 Å². The lowest BCUT2D eigenvalue weighted by atomic mass is 9.83. The van der Waals surface area contributed by atoms with Gasteiger partial charge in [0.2, 0.25) is 12.7 Å². The number of benzene rings is 1. The Morgan fingerprint density at radius 3 is 2.67 bits per heavy atom. The van der Waals surface area contributed by atoms with Crippen LogP contribution in [-0.4, -0.2) is 82.0 Å². The monoisotopic (exact) mass is 542 g/mol. The molecule has 10 heteroatoms. The normalized spacial score (nSPS) is 20.5. The van der Waals surface area contributed by atoms with Gasteiger partial charge in [-0.3, -0.25) is 14.5 Å². The maximum absolute atomic E-state index is 13.5. The molecule has 214 valence electrons. The number of nitrogens with zero attached hydrogens (tertiary/aromatic N) is 3. The number of likely N-dealkylation sites (tertiary alicyclic amines) is 1. The van der Waals surface area contributed by atoms with E-state index in [4.69, 9.17) is 15.2 Å². The van der Waals surface area contributed by atoms with Crippen LogP contribution in [0.25, 0.3) is 0 Å². The molecule has 3 heterocycles. The molecule has 0 spiro atoms. The molecule has 39 heavy (non-hydrogen) atoms. The van der Waals surface area contributed by atoms with E-state index in [0.29, 0.717) is 56.1 Å². The van der Waals surface area contributed by atoms with Crippen molar-refractivity contribution in [2.75, 3.05) is 39.5 Å². The van der Waals surface area contributed by atoms with Crippen molar-refractivity contribution in [2.24, 2.45) is 18.7 Å². The number of aryl methyl sites for hydroxylation is 2. The molecule has 0 saturated carbocycles. The zero-order valence-corrected chi connectivity index (χ0v) is 23.1. The fourth-order valence-corrected chi connectivity index (χ4v) is 5.95. The Morgan fingerprint density at radius 2 is 2.00 bits per heavy atom. The minimum atomic E-state index is -0.888. The highest BCUT2D eigenvalue weighted by atomic mass is 16.7. The summed E-state index contributed by atoms with van der Waals surface area (Å²) in [5.41, 5.74) is 8.20. The van der Waals surface area contributed by atoms with E-state index in [0.717, 1.165) is 30.5 Å². The van der Waals surface area contributed by atoms with Crippen molar-refractivity contribution in [1.29, 1.82) is 0 Å². The molecule has 0 aliphatic carbocycles. The number of amides is 1. The summed E-state index contributed by atoms with van der Waals surface area (Å²) < 4.78 is 13.2. The number of carbonyl (C=O) groups is 2. The van der Waals surface area contributed by atoms with Crippen LogP contribution in [0.15, 0.2) is 30.5 Å². The highest BCUT2D eigenvalue weighted by molar-refractivity contribution is 5.79. The smallest absolute Gasteiger partial charge is 0.308 e. The molecule has 1 fully saturated rings. The SMILES string of the molecule is CCCCN(CCCN)C(=O)CN1C[C@H](c2cc(CO)c3c(c2)OCO3)[C@@H](C(=O)O)[C@@H]1CCc1cccn1C. The second-order valence-corrected chi connectivity index (χ2v) is 10.6. The Morgan fingerprint density at radius 1 is 1.21 bits per heavy atom. The number of carboxylic acid groups (broad SMARTS) is 1. The quantitative estimate of drug-likeness (QED) is 0.332. The van der Waals surface area contributed by atoms with Crippen LogP contribution in [0.4, 0.5) is 0 Å². The molecule has 4 rings (SSSR count). The van der Waals surface area contributed by atoms with Crippen LogP contribution in [0.3, 0.4) is 0 Å². The third-order valence-corrected chi connectivity index (χ3v) is 8.06. The highest BCUT2D eigenvalue weighted by Gasteiger charge is 2.47. The Hall–Kier alpha value is -3.08. The van der Waals surface area contributed by atoms with Gasteiger partial charge in [-0.15, -0.1) is 0 Å². The van der Waals surface area contributed by atoms with Gasteiger partial charge in [-0.05, 0) is 62.1 Å². The number of carboxylic acids is 1. The first-order chi connectivity index (χ1) is 18.9. The standard InChI is InChI=1S/C29H42N4O6/c1-3-4-12-32(13-6-10-30)26(35)17-33-16-23(20-14-21(18-34)28-25(15-20)38-19-39-28)27(29(36)37)24(33)9-8-22-7-5-11-31(22)2/h5,7,11,14-15,23-24,27,34H,3-4,6,8-10,12-13,16-19,30H2,1-2H3,(H,36,37)/t23-,24+,27-/m1/s1. The predicted molar refractivity (Wildman–Crippen MR) is 147 cm³/mol. The number of unbranched alkanes of at least 4 members (excludes halogenated alkanes) is 1. The minimum absolute atomic E-state index is 0.00675. The summed E-state index contributed by atoms with van der Waals surface area (Å²) >= 11 is 0. The number of aromatic nitrogens is 1. The van der Waals surface area contributed by atoms with Gasteiger partial charge in [0.15, 0.2) is 11.5 Å². The Kier molecular flexibility index (Phi) is 9.88. The van der Waals surface area contributed by atoms with Crippen molar-refractivity contribution in [2.45, 2.75) is 57.6 Å². The van der Waals surface area contributed by atoms with Gasteiger partial charge in [0.05, 0.1) is 19.1 Å². The number of hydrogen-bond donors (Lipinski definition) is 3. The van der Waals surface area contributed by atoms with E-state index in [-0.39, 0.29) is 37.8 Å². The van der Waals surface area contributed by atoms with Crippen molar-refractivity contribution >= 4 is 11.9 Å². The molecule has 10 nitrogen and oxygen atoms in total. The van der Waals surface area contributed by atoms with Gasteiger partial charge < -0.3 is 34.9 Å². The van der Waals surface area contributed by atoms with Crippen LogP contribution in [-0.2, 0) is 29.7 Å². The Bertz CT molecular complexity index is 1130. The fourth-order valence-electron chi connectivity index (χ4n) is 5.95. The summed E-state index contributed by atoms with van der Waals surface area (Å²) in [4.78, 5) is 30.3. The van der Waals surface area contributed by atoms with Crippen molar-refractivity contribution < 1.29 is 29.3 Å². The van der Waals surface area contributed by atoms with Crippen molar-refractivity contribution in [1.82, 2.24) is 14.4 Å². The van der Waals surface area contributed by atoms with E-state index in [1.165, 1.54) is 0 Å². The molecule has 1 aromatic carbocycles. The number of nitrogens with two attached hydrogens (primary N) is 1. The summed E-state index contributed by atoms with van der Waals surface area (Å²) in [6.07, 6.45) is 5.91. The summed E-state index contributed by atoms with van der Waals surface area (Å²) in [6.45, 7) is 4.29. The molecule has 1 aromatic heterocycles. The molecule has 0 unspecified atom stereocenters. The van der Waals surface area contributed by atoms with Crippen LogP contribution in [0, 0.1) is 5.92 Å². The summed E-state index contributed by atoms with van der Waals surface area (Å²) in [5.74, 6) is -0.957. The van der Waals surface area contributed by atoms with E-state index in [1.807, 2.05) is 47.0 Å². The lowest BCUT2D eigenvalue weighted by Gasteiger charge is -2.30. The van der Waals surface area contributed by atoms with Crippen molar-refractivity contribution in [3.8, 4) is 11.5 Å². The summed E-state index contributed by atoms with van der Waals surface area (Å²) in [7, 11) is 1.98. The van der Waals surface area contributed by atoms with Crippen LogP contribution in [0.5, 0.6) is 11.5 Å². The summed E-state index contributed by atoms with van der Waals surface area (Å²) in [6, 6.07) is 7.34. The van der Waals surface area contributed by atoms with Crippen molar-refractivity contribution in [3.63, 3.8) is 0 Å². The third kappa shape index (κ3) is 6.57. The molecule has 2 aliphatic heterocycles. The molecule has 0 radical (unpaired) electrons. The van der Waals surface area contributed by atoms with Crippen molar-refractivity contribution in [3.05, 3.63) is 47.3 Å². The number of rotatable bonds is 14. The molecule has 1 saturated heterocycles. The largest absolute Gasteiger partial charge is 0.481 e. The van der Waals surface area contributed by atoms with Gasteiger partial charge in [-0.25, -0.2) is 0 Å². The predicted octanol–water partition coefficient (Wildman–Crippen LogP) is 2.33. The first-order valence-electron chi connectivity index (χ1n) is 14.0. The van der Waals surface area contributed by atoms with E-state index < -0.39 is 11.9 Å². The van der Waals surface area contributed by atoms with Gasteiger partial charge in [-0.2, -0.15) is 0 Å². The van der Waals surface area contributed by atoms with E-state index >= 15 is 0 Å². The lowest BCUT2D eigenvalue weighted by Crippen LogP contribution is -2.45. The average molecular weight is 543 g/mol. The second kappa shape index (κ2) is 13.3. The van der Waals surface area contributed by atoms with Gasteiger partial charge in [0, 0.05) is 56.1 Å². The Balaban J connectivity index is 1.64. The number of aliphatic hydroxyl groups is 1. The van der Waals surface area contributed by atoms with Gasteiger partial charge >= 0.3 is 5.97 Å². The lowest BCUT2D eigenvalue weighted by molar-refractivity contribution is -0.143. The van der Waals surface area contributed by atoms with E-state index in [9.17, 15) is 19.8 Å². The zero-order chi connectivity index (χ0) is 27.9. The first kappa shape index (κ1) is 28.9. The zero-order valence-electron chi connectivity index (χ0n) is 23.1. The van der Waals surface area contributed by atoms with Gasteiger partial charge in [0.1, 0.15) is 0 Å². The number of fused-ring (bicyclic) bond motifs is 1. The van der Waals surface area contributed by atoms with E-state index in [1.54, 1.807) is 0 Å². The number of hydrogen-bond acceptors (Lipinski definition) is 7. The second-order valence-electron chi connectivity index (χ2n) is 10.6. The molecule has 3 atom stereocenters. The van der Waals surface area contributed by atoms with Crippen LogP contribution < -0.4 is 15.2 Å². The molecule has 4 N–H and O–H groups in total. The molecular weight excluding hydrogens is 500 g/mol. The minimum Gasteiger partial charge on any atom is -0.481 e. The van der Waals surface area contributed by atoms with E-state index in [2.05, 4.69) is 11.8 Å². The van der Waals surface area contributed by atoms with Crippen LogP contribution in [0.1, 0.15) is 55.3 Å². The Labute approximate surface area is 230 Å². The molecule has 2 aliphatic rings. The van der Waals surface area contributed by atoms with Gasteiger partial charge in [-0.1, -0.05) is 13.3 Å². The number of aliphatic carboxylic acids is 1. The maximum atomic E-state index is 13.5. The number of aliphatic hydroxyl groups excluding tert-OH is 1. The first-order valence-corrected chi connectivity index (χ1v) is 14.0. The van der Waals surface area contributed by atoms with Gasteiger partial charge in [0.25, 0.3) is 0 Å². The molecule has 1 amide bonds.